The minimum Gasteiger partial charge on any atom is -0.380 e. The number of hydrogen-bond donors (Lipinski definition) is 1. The Bertz CT molecular complexity index is 890. The van der Waals surface area contributed by atoms with Crippen molar-refractivity contribution in [3.05, 3.63) is 47.9 Å². The zero-order chi connectivity index (χ0) is 19.2. The molecule has 1 atom stereocenters. The largest absolute Gasteiger partial charge is 0.380 e. The lowest BCUT2D eigenvalue weighted by molar-refractivity contribution is 0.0914. The Labute approximate surface area is 156 Å². The normalized spacial score (nSPS) is 12.1. The summed E-state index contributed by atoms with van der Waals surface area (Å²) in [5.41, 5.74) is 2.03. The van der Waals surface area contributed by atoms with Crippen molar-refractivity contribution in [3.8, 4) is 11.4 Å². The summed E-state index contributed by atoms with van der Waals surface area (Å²) in [6.45, 7) is 7.17. The molecule has 0 fully saturated rings. The fraction of sp³-hybridized carbons (Fsp3) is 0.389. The number of ether oxygens (including phenoxy) is 1. The molecule has 3 aromatic rings. The van der Waals surface area contributed by atoms with Crippen LogP contribution in [0.2, 0.25) is 0 Å². The van der Waals surface area contributed by atoms with Gasteiger partial charge in [0.05, 0.1) is 18.8 Å². The molecule has 142 valence electrons. The summed E-state index contributed by atoms with van der Waals surface area (Å²) in [7, 11) is 0. The van der Waals surface area contributed by atoms with Crippen LogP contribution < -0.4 is 5.32 Å². The summed E-state index contributed by atoms with van der Waals surface area (Å²) in [5.74, 6) is 0.515. The van der Waals surface area contributed by atoms with Crippen LogP contribution in [0.5, 0.6) is 0 Å². The van der Waals surface area contributed by atoms with Gasteiger partial charge in [-0.3, -0.25) is 14.5 Å². The fourth-order valence-corrected chi connectivity index (χ4v) is 2.56. The summed E-state index contributed by atoms with van der Waals surface area (Å²) < 4.78 is 12.3. The number of aromatic nitrogens is 5. The summed E-state index contributed by atoms with van der Waals surface area (Å²) in [6.07, 6.45) is 3.31. The SMILES string of the molecule is CCOCCn1nc(C)cc1C(=O)N[C@H](C)c1nc(-c2ccncc2)no1. The van der Waals surface area contributed by atoms with Gasteiger partial charge in [-0.15, -0.1) is 0 Å². The Kier molecular flexibility index (Phi) is 5.92. The van der Waals surface area contributed by atoms with Gasteiger partial charge in [0.15, 0.2) is 0 Å². The van der Waals surface area contributed by atoms with Gasteiger partial charge in [0.1, 0.15) is 11.7 Å². The van der Waals surface area contributed by atoms with E-state index in [0.29, 0.717) is 37.2 Å². The smallest absolute Gasteiger partial charge is 0.270 e. The Balaban J connectivity index is 1.68. The van der Waals surface area contributed by atoms with Crippen LogP contribution in [0.25, 0.3) is 11.4 Å². The molecular formula is C18H22N6O3. The highest BCUT2D eigenvalue weighted by atomic mass is 16.5. The highest BCUT2D eigenvalue weighted by molar-refractivity contribution is 5.92. The molecule has 27 heavy (non-hydrogen) atoms. The van der Waals surface area contributed by atoms with Gasteiger partial charge in [0.25, 0.3) is 5.91 Å². The summed E-state index contributed by atoms with van der Waals surface area (Å²) in [5, 5.41) is 11.2. The standard InChI is InChI=1S/C18H22N6O3/c1-4-26-10-9-24-15(11-12(2)22-24)17(25)20-13(3)18-21-16(23-27-18)14-5-7-19-8-6-14/h5-8,11,13H,4,9-10H2,1-3H3,(H,20,25)/t13-/m1/s1. The van der Waals surface area contributed by atoms with E-state index in [1.807, 2.05) is 13.8 Å². The number of amides is 1. The molecule has 0 aliphatic rings. The van der Waals surface area contributed by atoms with Gasteiger partial charge in [-0.25, -0.2) is 0 Å². The molecule has 0 unspecified atom stereocenters. The van der Waals surface area contributed by atoms with Gasteiger partial charge in [0, 0.05) is 24.6 Å². The quantitative estimate of drug-likeness (QED) is 0.605. The number of rotatable bonds is 8. The molecule has 0 radical (unpaired) electrons. The van der Waals surface area contributed by atoms with Crippen molar-refractivity contribution in [2.24, 2.45) is 0 Å². The van der Waals surface area contributed by atoms with E-state index in [9.17, 15) is 4.79 Å². The molecule has 0 aliphatic carbocycles. The maximum absolute atomic E-state index is 12.7. The maximum Gasteiger partial charge on any atom is 0.270 e. The third-order valence-electron chi connectivity index (χ3n) is 3.88. The third-order valence-corrected chi connectivity index (χ3v) is 3.88. The lowest BCUT2D eigenvalue weighted by Crippen LogP contribution is -2.29. The van der Waals surface area contributed by atoms with E-state index in [0.717, 1.165) is 11.3 Å². The minimum atomic E-state index is -0.448. The molecule has 1 N–H and O–H groups in total. The summed E-state index contributed by atoms with van der Waals surface area (Å²) in [4.78, 5) is 21.0. The molecular weight excluding hydrogens is 348 g/mol. The van der Waals surface area contributed by atoms with E-state index in [1.165, 1.54) is 0 Å². The molecule has 3 rings (SSSR count). The predicted octanol–water partition coefficient (Wildman–Crippen LogP) is 2.16. The van der Waals surface area contributed by atoms with Gasteiger partial charge in [-0.2, -0.15) is 10.1 Å². The molecule has 3 aromatic heterocycles. The molecule has 9 heteroatoms. The Morgan fingerprint density at radius 3 is 2.89 bits per heavy atom. The number of aryl methyl sites for hydroxylation is 1. The molecule has 0 aliphatic heterocycles. The predicted molar refractivity (Wildman–Crippen MR) is 96.9 cm³/mol. The number of carbonyl (C=O) groups excluding carboxylic acids is 1. The monoisotopic (exact) mass is 370 g/mol. The van der Waals surface area contributed by atoms with E-state index in [1.54, 1.807) is 42.2 Å². The van der Waals surface area contributed by atoms with Crippen LogP contribution >= 0.6 is 0 Å². The number of pyridine rings is 1. The van der Waals surface area contributed by atoms with Crippen molar-refractivity contribution in [3.63, 3.8) is 0 Å². The first-order chi connectivity index (χ1) is 13.1. The molecule has 0 saturated heterocycles. The highest BCUT2D eigenvalue weighted by Crippen LogP contribution is 2.18. The zero-order valence-electron chi connectivity index (χ0n) is 15.5. The first-order valence-electron chi connectivity index (χ1n) is 8.75. The number of nitrogens with one attached hydrogen (secondary N) is 1. The van der Waals surface area contributed by atoms with Crippen molar-refractivity contribution in [2.75, 3.05) is 13.2 Å². The summed E-state index contributed by atoms with van der Waals surface area (Å²) >= 11 is 0. The van der Waals surface area contributed by atoms with Gasteiger partial charge < -0.3 is 14.6 Å². The van der Waals surface area contributed by atoms with Crippen molar-refractivity contribution >= 4 is 5.91 Å². The lowest BCUT2D eigenvalue weighted by Gasteiger charge is -2.11. The van der Waals surface area contributed by atoms with Gasteiger partial charge in [0.2, 0.25) is 11.7 Å². The van der Waals surface area contributed by atoms with Crippen LogP contribution in [0, 0.1) is 6.92 Å². The molecule has 0 saturated carbocycles. The van der Waals surface area contributed by atoms with Crippen LogP contribution in [0.3, 0.4) is 0 Å². The molecule has 0 aromatic carbocycles. The van der Waals surface area contributed by atoms with Crippen molar-refractivity contribution < 1.29 is 14.1 Å². The molecule has 3 heterocycles. The Morgan fingerprint density at radius 2 is 2.15 bits per heavy atom. The number of hydrogen-bond acceptors (Lipinski definition) is 7. The van der Waals surface area contributed by atoms with E-state index >= 15 is 0 Å². The number of nitrogens with zero attached hydrogens (tertiary/aromatic N) is 5. The molecule has 1 amide bonds. The first kappa shape index (κ1) is 18.7. The molecule has 0 bridgehead atoms. The van der Waals surface area contributed by atoms with Crippen LogP contribution in [0.4, 0.5) is 0 Å². The van der Waals surface area contributed by atoms with Crippen LogP contribution in [-0.4, -0.2) is 44.0 Å². The highest BCUT2D eigenvalue weighted by Gasteiger charge is 2.21. The second-order valence-corrected chi connectivity index (χ2v) is 5.98. The van der Waals surface area contributed by atoms with Crippen molar-refractivity contribution in [1.82, 2.24) is 30.2 Å². The third kappa shape index (κ3) is 4.56. The first-order valence-corrected chi connectivity index (χ1v) is 8.75. The average molecular weight is 370 g/mol. The van der Waals surface area contributed by atoms with Crippen LogP contribution in [0.1, 0.15) is 42.0 Å². The van der Waals surface area contributed by atoms with E-state index in [4.69, 9.17) is 9.26 Å². The Hall–Kier alpha value is -3.07. The average Bonchev–Trinajstić information content (AvgIpc) is 3.30. The maximum atomic E-state index is 12.7. The van der Waals surface area contributed by atoms with E-state index in [2.05, 4.69) is 25.5 Å². The summed E-state index contributed by atoms with van der Waals surface area (Å²) in [6, 6.07) is 4.87. The Morgan fingerprint density at radius 1 is 1.37 bits per heavy atom. The van der Waals surface area contributed by atoms with Crippen LogP contribution in [0.15, 0.2) is 35.1 Å². The second-order valence-electron chi connectivity index (χ2n) is 5.98. The van der Waals surface area contributed by atoms with Crippen LogP contribution in [-0.2, 0) is 11.3 Å². The fourth-order valence-electron chi connectivity index (χ4n) is 2.56. The molecule has 0 spiro atoms. The lowest BCUT2D eigenvalue weighted by atomic mass is 10.2. The van der Waals surface area contributed by atoms with E-state index in [-0.39, 0.29) is 5.91 Å². The minimum absolute atomic E-state index is 0.261. The molecule has 9 nitrogen and oxygen atoms in total. The van der Waals surface area contributed by atoms with Crippen molar-refractivity contribution in [2.45, 2.75) is 33.4 Å². The van der Waals surface area contributed by atoms with Gasteiger partial charge in [-0.05, 0) is 39.0 Å². The van der Waals surface area contributed by atoms with E-state index < -0.39 is 6.04 Å². The number of carbonyl (C=O) groups is 1. The topological polar surface area (TPSA) is 108 Å². The van der Waals surface area contributed by atoms with Gasteiger partial charge in [-0.1, -0.05) is 5.16 Å². The van der Waals surface area contributed by atoms with Gasteiger partial charge >= 0.3 is 0 Å². The second kappa shape index (κ2) is 8.54. The van der Waals surface area contributed by atoms with Crippen molar-refractivity contribution in [1.29, 1.82) is 0 Å². The zero-order valence-corrected chi connectivity index (χ0v) is 15.5.